The van der Waals surface area contributed by atoms with Crippen molar-refractivity contribution in [1.29, 1.82) is 0 Å². The maximum Gasteiger partial charge on any atom is 0.239 e. The summed E-state index contributed by atoms with van der Waals surface area (Å²) >= 11 is 0. The van der Waals surface area contributed by atoms with Crippen LogP contribution in [0.3, 0.4) is 0 Å². The van der Waals surface area contributed by atoms with Crippen LogP contribution in [0.1, 0.15) is 53.4 Å². The lowest BCUT2D eigenvalue weighted by molar-refractivity contribution is -0.133. The Kier molecular flexibility index (Phi) is 7.72. The fourth-order valence-corrected chi connectivity index (χ4v) is 2.54. The topological polar surface area (TPSA) is 61.4 Å². The van der Waals surface area contributed by atoms with E-state index in [-0.39, 0.29) is 23.9 Å². The number of rotatable bonds is 6. The van der Waals surface area contributed by atoms with Crippen molar-refractivity contribution in [2.45, 2.75) is 65.5 Å². The monoisotopic (exact) mass is 297 g/mol. The predicted molar refractivity (Wildman–Crippen MR) is 85.0 cm³/mol. The van der Waals surface area contributed by atoms with Crippen molar-refractivity contribution in [2.24, 2.45) is 5.92 Å². The first kappa shape index (κ1) is 18.0. The Morgan fingerprint density at radius 1 is 0.952 bits per heavy atom. The van der Waals surface area contributed by atoms with E-state index in [0.717, 1.165) is 25.9 Å². The van der Waals surface area contributed by atoms with E-state index >= 15 is 0 Å². The predicted octanol–water partition coefficient (Wildman–Crippen LogP) is 1.53. The van der Waals surface area contributed by atoms with Crippen LogP contribution in [0.25, 0.3) is 0 Å². The van der Waals surface area contributed by atoms with Gasteiger partial charge < -0.3 is 10.2 Å². The fourth-order valence-electron chi connectivity index (χ4n) is 2.54. The SMILES string of the molecule is CC(C)CNC(=O)C(C)NC(C)C(=O)N1CCCCCC1. The van der Waals surface area contributed by atoms with Gasteiger partial charge in [0.05, 0.1) is 12.1 Å². The minimum atomic E-state index is -0.352. The van der Waals surface area contributed by atoms with Gasteiger partial charge in [-0.25, -0.2) is 0 Å². The van der Waals surface area contributed by atoms with Gasteiger partial charge in [0, 0.05) is 19.6 Å². The second-order valence-corrected chi connectivity index (χ2v) is 6.49. The maximum atomic E-state index is 12.4. The molecule has 2 N–H and O–H groups in total. The molecular weight excluding hydrogens is 266 g/mol. The van der Waals surface area contributed by atoms with E-state index in [2.05, 4.69) is 24.5 Å². The molecule has 1 rings (SSSR count). The molecule has 0 aromatic rings. The molecule has 0 saturated carbocycles. The van der Waals surface area contributed by atoms with Crippen LogP contribution in [-0.2, 0) is 9.59 Å². The van der Waals surface area contributed by atoms with E-state index < -0.39 is 0 Å². The molecular formula is C16H31N3O2. The quantitative estimate of drug-likeness (QED) is 0.781. The smallest absolute Gasteiger partial charge is 0.239 e. The molecule has 1 heterocycles. The summed E-state index contributed by atoms with van der Waals surface area (Å²) in [6.45, 7) is 10.1. The molecule has 0 aromatic carbocycles. The van der Waals surface area contributed by atoms with Gasteiger partial charge in [-0.3, -0.25) is 14.9 Å². The lowest BCUT2D eigenvalue weighted by Gasteiger charge is -2.26. The van der Waals surface area contributed by atoms with Crippen LogP contribution in [0.15, 0.2) is 0 Å². The number of nitrogens with zero attached hydrogens (tertiary/aromatic N) is 1. The van der Waals surface area contributed by atoms with Gasteiger partial charge in [0.2, 0.25) is 11.8 Å². The highest BCUT2D eigenvalue weighted by Crippen LogP contribution is 2.10. The summed E-state index contributed by atoms with van der Waals surface area (Å²) in [5, 5.41) is 6.01. The highest BCUT2D eigenvalue weighted by atomic mass is 16.2. The molecule has 21 heavy (non-hydrogen) atoms. The molecule has 2 atom stereocenters. The van der Waals surface area contributed by atoms with E-state index in [0.29, 0.717) is 12.5 Å². The summed E-state index contributed by atoms with van der Waals surface area (Å²) in [5.41, 5.74) is 0. The van der Waals surface area contributed by atoms with Gasteiger partial charge >= 0.3 is 0 Å². The number of nitrogens with one attached hydrogen (secondary N) is 2. The van der Waals surface area contributed by atoms with Crippen molar-refractivity contribution in [3.05, 3.63) is 0 Å². The summed E-state index contributed by atoms with van der Waals surface area (Å²) in [4.78, 5) is 26.3. The summed E-state index contributed by atoms with van der Waals surface area (Å²) < 4.78 is 0. The van der Waals surface area contributed by atoms with Crippen LogP contribution in [0.4, 0.5) is 0 Å². The molecule has 0 aromatic heterocycles. The number of hydrogen-bond acceptors (Lipinski definition) is 3. The Balaban J connectivity index is 2.41. The third-order valence-electron chi connectivity index (χ3n) is 3.87. The zero-order chi connectivity index (χ0) is 15.8. The molecule has 1 fully saturated rings. The number of carbonyl (C=O) groups is 2. The number of carbonyl (C=O) groups excluding carboxylic acids is 2. The standard InChI is InChI=1S/C16H31N3O2/c1-12(2)11-17-15(20)13(3)18-14(4)16(21)19-9-7-5-6-8-10-19/h12-14,18H,5-11H2,1-4H3,(H,17,20). The molecule has 0 radical (unpaired) electrons. The molecule has 0 spiro atoms. The normalized spacial score (nSPS) is 19.0. The van der Waals surface area contributed by atoms with E-state index in [4.69, 9.17) is 0 Å². The summed E-state index contributed by atoms with van der Waals surface area (Å²) in [6, 6.07) is -0.669. The first-order valence-corrected chi connectivity index (χ1v) is 8.24. The Morgan fingerprint density at radius 2 is 1.52 bits per heavy atom. The minimum absolute atomic E-state index is 0.0424. The van der Waals surface area contributed by atoms with Crippen LogP contribution in [-0.4, -0.2) is 48.4 Å². The van der Waals surface area contributed by atoms with Gasteiger partial charge in [-0.05, 0) is 32.6 Å². The number of likely N-dealkylation sites (tertiary alicyclic amines) is 1. The number of amides is 2. The van der Waals surface area contributed by atoms with Crippen LogP contribution >= 0.6 is 0 Å². The molecule has 2 unspecified atom stereocenters. The van der Waals surface area contributed by atoms with E-state index in [1.54, 1.807) is 0 Å². The van der Waals surface area contributed by atoms with E-state index in [1.165, 1.54) is 12.8 Å². The van der Waals surface area contributed by atoms with Gasteiger partial charge in [0.15, 0.2) is 0 Å². The minimum Gasteiger partial charge on any atom is -0.354 e. The summed E-state index contributed by atoms with van der Waals surface area (Å²) in [6.07, 6.45) is 4.59. The number of hydrogen-bond donors (Lipinski definition) is 2. The summed E-state index contributed by atoms with van der Waals surface area (Å²) in [7, 11) is 0. The molecule has 1 saturated heterocycles. The highest BCUT2D eigenvalue weighted by molar-refractivity contribution is 5.84. The van der Waals surface area contributed by atoms with Crippen molar-refractivity contribution in [1.82, 2.24) is 15.5 Å². The van der Waals surface area contributed by atoms with Crippen molar-refractivity contribution < 1.29 is 9.59 Å². The Morgan fingerprint density at radius 3 is 2.05 bits per heavy atom. The first-order chi connectivity index (χ1) is 9.91. The molecule has 5 nitrogen and oxygen atoms in total. The molecule has 1 aliphatic rings. The van der Waals surface area contributed by atoms with Gasteiger partial charge in [0.25, 0.3) is 0 Å². The van der Waals surface area contributed by atoms with E-state index in [9.17, 15) is 9.59 Å². The lowest BCUT2D eigenvalue weighted by atomic mass is 10.2. The molecule has 0 bridgehead atoms. The van der Waals surface area contributed by atoms with Gasteiger partial charge in [-0.15, -0.1) is 0 Å². The highest BCUT2D eigenvalue weighted by Gasteiger charge is 2.24. The second-order valence-electron chi connectivity index (χ2n) is 6.49. The fraction of sp³-hybridized carbons (Fsp3) is 0.875. The Hall–Kier alpha value is -1.10. The van der Waals surface area contributed by atoms with Crippen LogP contribution in [0, 0.1) is 5.92 Å². The lowest BCUT2D eigenvalue weighted by Crippen LogP contribution is -2.52. The largest absolute Gasteiger partial charge is 0.354 e. The molecule has 5 heteroatoms. The van der Waals surface area contributed by atoms with Crippen LogP contribution in [0.2, 0.25) is 0 Å². The molecule has 2 amide bonds. The zero-order valence-electron chi connectivity index (χ0n) is 13.9. The van der Waals surface area contributed by atoms with Crippen LogP contribution < -0.4 is 10.6 Å². The van der Waals surface area contributed by atoms with E-state index in [1.807, 2.05) is 18.7 Å². The molecule has 1 aliphatic heterocycles. The summed E-state index contributed by atoms with van der Waals surface area (Å²) in [5.74, 6) is 0.497. The van der Waals surface area contributed by atoms with Gasteiger partial charge in [-0.2, -0.15) is 0 Å². The average molecular weight is 297 g/mol. The van der Waals surface area contributed by atoms with Crippen molar-refractivity contribution in [2.75, 3.05) is 19.6 Å². The first-order valence-electron chi connectivity index (χ1n) is 8.24. The average Bonchev–Trinajstić information content (AvgIpc) is 2.72. The zero-order valence-corrected chi connectivity index (χ0v) is 13.9. The van der Waals surface area contributed by atoms with Crippen molar-refractivity contribution in [3.63, 3.8) is 0 Å². The maximum absolute atomic E-state index is 12.4. The molecule has 122 valence electrons. The van der Waals surface area contributed by atoms with Gasteiger partial charge in [-0.1, -0.05) is 26.7 Å². The Bertz CT molecular complexity index is 336. The molecule has 0 aliphatic carbocycles. The Labute approximate surface area is 128 Å². The van der Waals surface area contributed by atoms with Crippen LogP contribution in [0.5, 0.6) is 0 Å². The second kappa shape index (κ2) is 9.03. The van der Waals surface area contributed by atoms with Crippen molar-refractivity contribution in [3.8, 4) is 0 Å². The third-order valence-corrected chi connectivity index (χ3v) is 3.87. The van der Waals surface area contributed by atoms with Crippen molar-refractivity contribution >= 4 is 11.8 Å². The van der Waals surface area contributed by atoms with Gasteiger partial charge in [0.1, 0.15) is 0 Å². The third kappa shape index (κ3) is 6.46.